The second-order valence-electron chi connectivity index (χ2n) is 6.81. The third kappa shape index (κ3) is 3.99. The zero-order valence-electron chi connectivity index (χ0n) is 14.9. The van der Waals surface area contributed by atoms with E-state index in [0.717, 1.165) is 26.2 Å². The number of thioether (sulfide) groups is 1. The third-order valence-corrected chi connectivity index (χ3v) is 6.59. The summed E-state index contributed by atoms with van der Waals surface area (Å²) in [7, 11) is 0. The lowest BCUT2D eigenvalue weighted by molar-refractivity contribution is -0.112. The largest absolute Gasteiger partial charge is 0.460 e. The molecule has 3 aromatic rings. The van der Waals surface area contributed by atoms with E-state index in [9.17, 15) is 4.39 Å². The van der Waals surface area contributed by atoms with E-state index in [1.807, 2.05) is 30.3 Å². The summed E-state index contributed by atoms with van der Waals surface area (Å²) in [5.41, 5.74) is 2.48. The Labute approximate surface area is 170 Å². The molecule has 1 aliphatic carbocycles. The summed E-state index contributed by atoms with van der Waals surface area (Å²) in [4.78, 5) is 0. The van der Waals surface area contributed by atoms with Crippen molar-refractivity contribution in [3.8, 4) is 5.75 Å². The van der Waals surface area contributed by atoms with Crippen molar-refractivity contribution in [1.82, 2.24) is 10.2 Å². The van der Waals surface area contributed by atoms with Gasteiger partial charge in [-0.15, -0.1) is 10.2 Å². The van der Waals surface area contributed by atoms with E-state index in [1.54, 1.807) is 0 Å². The predicted molar refractivity (Wildman–Crippen MR) is 107 cm³/mol. The number of hydrogen-bond donors (Lipinski definition) is 1. The number of aromatic nitrogens is 2. The first-order chi connectivity index (χ1) is 13.7. The molecule has 2 heterocycles. The van der Waals surface area contributed by atoms with E-state index in [-0.39, 0.29) is 5.82 Å². The summed E-state index contributed by atoms with van der Waals surface area (Å²) in [6, 6.07) is 13.3. The Hall–Kier alpha value is -2.16. The molecule has 144 valence electrons. The molecule has 1 saturated carbocycles. The van der Waals surface area contributed by atoms with Gasteiger partial charge in [0.25, 0.3) is 0 Å². The van der Waals surface area contributed by atoms with Crippen molar-refractivity contribution in [1.29, 1.82) is 0 Å². The molecule has 2 aliphatic rings. The molecule has 28 heavy (non-hydrogen) atoms. The van der Waals surface area contributed by atoms with Crippen molar-refractivity contribution in [3.63, 3.8) is 0 Å². The fourth-order valence-electron chi connectivity index (χ4n) is 3.03. The summed E-state index contributed by atoms with van der Waals surface area (Å²) in [5.74, 6) is 0.975. The fraction of sp³-hybridized carbons (Fsp3) is 0.300. The molecule has 1 atom stereocenters. The predicted octanol–water partition coefficient (Wildman–Crippen LogP) is 5.15. The fourth-order valence-corrected chi connectivity index (χ4v) is 4.82. The normalized spacial score (nSPS) is 18.4. The molecule has 0 unspecified atom stereocenters. The van der Waals surface area contributed by atoms with Gasteiger partial charge in [0.15, 0.2) is 4.34 Å². The molecule has 5 nitrogen and oxygen atoms in total. The summed E-state index contributed by atoms with van der Waals surface area (Å²) in [6.07, 6.45) is 1.90. The SMILES string of the molecule is Fc1cc2c(c(CSc3nnc(NC4CC4)s3)c1)O[C@@H](c1ccccc1)OC2. The first-order valence-corrected chi connectivity index (χ1v) is 10.9. The Balaban J connectivity index is 1.33. The minimum Gasteiger partial charge on any atom is -0.460 e. The van der Waals surface area contributed by atoms with Crippen LogP contribution in [-0.4, -0.2) is 16.2 Å². The maximum atomic E-state index is 14.1. The number of halogens is 1. The monoisotopic (exact) mass is 415 g/mol. The second kappa shape index (κ2) is 7.69. The van der Waals surface area contributed by atoms with E-state index < -0.39 is 6.29 Å². The smallest absolute Gasteiger partial charge is 0.227 e. The number of nitrogens with one attached hydrogen (secondary N) is 1. The van der Waals surface area contributed by atoms with Crippen LogP contribution in [0, 0.1) is 5.82 Å². The average molecular weight is 416 g/mol. The molecular formula is C20H18FN3O2S2. The van der Waals surface area contributed by atoms with Crippen LogP contribution in [-0.2, 0) is 17.1 Å². The summed E-state index contributed by atoms with van der Waals surface area (Å²) >= 11 is 3.07. The van der Waals surface area contributed by atoms with Crippen LogP contribution in [0.2, 0.25) is 0 Å². The number of nitrogens with zero attached hydrogens (tertiary/aromatic N) is 2. The van der Waals surface area contributed by atoms with E-state index >= 15 is 0 Å². The molecule has 2 aromatic carbocycles. The molecule has 1 aliphatic heterocycles. The molecule has 0 saturated heterocycles. The van der Waals surface area contributed by atoms with E-state index in [0.29, 0.717) is 24.2 Å². The van der Waals surface area contributed by atoms with E-state index in [1.165, 1.54) is 48.1 Å². The Bertz CT molecular complexity index is 979. The molecule has 1 fully saturated rings. The third-order valence-electron chi connectivity index (χ3n) is 4.56. The van der Waals surface area contributed by atoms with E-state index in [2.05, 4.69) is 15.5 Å². The van der Waals surface area contributed by atoms with Crippen LogP contribution in [0.4, 0.5) is 9.52 Å². The maximum Gasteiger partial charge on any atom is 0.227 e. The lowest BCUT2D eigenvalue weighted by Crippen LogP contribution is -2.19. The van der Waals surface area contributed by atoms with Gasteiger partial charge in [0.05, 0.1) is 6.61 Å². The standard InChI is InChI=1S/C20H18FN3O2S2/c21-15-8-13-10-25-18(12-4-2-1-3-5-12)26-17(13)14(9-15)11-27-20-24-23-19(28-20)22-16-6-7-16/h1-5,8-9,16,18H,6-7,10-11H2,(H,22,23)/t18-/m0/s1. The Morgan fingerprint density at radius 2 is 2.04 bits per heavy atom. The second-order valence-corrected chi connectivity index (χ2v) is 9.01. The first-order valence-electron chi connectivity index (χ1n) is 9.12. The minimum atomic E-state index is -0.487. The van der Waals surface area contributed by atoms with Crippen LogP contribution in [0.15, 0.2) is 46.8 Å². The van der Waals surface area contributed by atoms with Crippen LogP contribution < -0.4 is 10.1 Å². The molecule has 0 radical (unpaired) electrons. The molecule has 1 N–H and O–H groups in total. The van der Waals surface area contributed by atoms with Crippen molar-refractivity contribution >= 4 is 28.2 Å². The van der Waals surface area contributed by atoms with Crippen LogP contribution in [0.25, 0.3) is 0 Å². The van der Waals surface area contributed by atoms with Crippen molar-refractivity contribution in [2.75, 3.05) is 5.32 Å². The molecule has 0 amide bonds. The Kier molecular flexibility index (Phi) is 4.92. The van der Waals surface area contributed by atoms with Gasteiger partial charge >= 0.3 is 0 Å². The summed E-state index contributed by atoms with van der Waals surface area (Å²) < 4.78 is 26.9. The number of rotatable bonds is 6. The lowest BCUT2D eigenvalue weighted by Gasteiger charge is -2.28. The topological polar surface area (TPSA) is 56.3 Å². The van der Waals surface area contributed by atoms with Crippen molar-refractivity contribution in [3.05, 3.63) is 65.0 Å². The quantitative estimate of drug-likeness (QED) is 0.562. The molecule has 0 spiro atoms. The highest BCUT2D eigenvalue weighted by atomic mass is 32.2. The number of benzene rings is 2. The first kappa shape index (κ1) is 17.9. The van der Waals surface area contributed by atoms with Gasteiger partial charge in [0, 0.05) is 28.5 Å². The zero-order chi connectivity index (χ0) is 18.9. The van der Waals surface area contributed by atoms with Crippen LogP contribution in [0.5, 0.6) is 5.75 Å². The maximum absolute atomic E-state index is 14.1. The van der Waals surface area contributed by atoms with Crippen molar-refractivity contribution in [2.24, 2.45) is 0 Å². The Morgan fingerprint density at radius 3 is 2.86 bits per heavy atom. The highest BCUT2D eigenvalue weighted by Crippen LogP contribution is 2.39. The van der Waals surface area contributed by atoms with Gasteiger partial charge in [-0.05, 0) is 25.0 Å². The van der Waals surface area contributed by atoms with Crippen LogP contribution >= 0.6 is 23.1 Å². The number of anilines is 1. The number of fused-ring (bicyclic) bond motifs is 1. The zero-order valence-corrected chi connectivity index (χ0v) is 16.6. The molecule has 8 heteroatoms. The molecule has 1 aromatic heterocycles. The van der Waals surface area contributed by atoms with E-state index in [4.69, 9.17) is 9.47 Å². The van der Waals surface area contributed by atoms with Crippen LogP contribution in [0.1, 0.15) is 35.8 Å². The van der Waals surface area contributed by atoms with Gasteiger partial charge in [-0.1, -0.05) is 53.4 Å². The molecule has 5 rings (SSSR count). The highest BCUT2D eigenvalue weighted by Gasteiger charge is 2.26. The minimum absolute atomic E-state index is 0.284. The van der Waals surface area contributed by atoms with Gasteiger partial charge in [-0.25, -0.2) is 4.39 Å². The van der Waals surface area contributed by atoms with Gasteiger partial charge in [0.2, 0.25) is 11.4 Å². The average Bonchev–Trinajstić information content (AvgIpc) is 3.42. The van der Waals surface area contributed by atoms with Gasteiger partial charge in [-0.2, -0.15) is 0 Å². The van der Waals surface area contributed by atoms with Crippen molar-refractivity contribution < 1.29 is 13.9 Å². The highest BCUT2D eigenvalue weighted by molar-refractivity contribution is 8.00. The van der Waals surface area contributed by atoms with Gasteiger partial charge in [0.1, 0.15) is 11.6 Å². The Morgan fingerprint density at radius 1 is 1.18 bits per heavy atom. The summed E-state index contributed by atoms with van der Waals surface area (Å²) in [6.45, 7) is 0.318. The molecule has 0 bridgehead atoms. The number of ether oxygens (including phenoxy) is 2. The number of hydrogen-bond acceptors (Lipinski definition) is 7. The van der Waals surface area contributed by atoms with Gasteiger partial charge in [-0.3, -0.25) is 0 Å². The lowest BCUT2D eigenvalue weighted by atomic mass is 10.1. The summed E-state index contributed by atoms with van der Waals surface area (Å²) in [5, 5.41) is 12.6. The van der Waals surface area contributed by atoms with Gasteiger partial charge < -0.3 is 14.8 Å². The molecular weight excluding hydrogens is 397 g/mol. The van der Waals surface area contributed by atoms with Crippen LogP contribution in [0.3, 0.4) is 0 Å². The van der Waals surface area contributed by atoms with Crippen molar-refractivity contribution in [2.45, 2.75) is 41.9 Å².